The van der Waals surface area contributed by atoms with Crippen LogP contribution in [0.4, 0.5) is 0 Å². The van der Waals surface area contributed by atoms with Gasteiger partial charge in [0.15, 0.2) is 5.17 Å². The molecule has 0 aromatic heterocycles. The molecule has 0 spiro atoms. The van der Waals surface area contributed by atoms with E-state index in [9.17, 15) is 0 Å². The van der Waals surface area contributed by atoms with E-state index in [1.165, 1.54) is 0 Å². The van der Waals surface area contributed by atoms with Crippen LogP contribution in [0.2, 0.25) is 0 Å². The molecule has 1 heterocycles. The molecule has 0 saturated heterocycles. The molecule has 1 aliphatic heterocycles. The highest BCUT2D eigenvalue weighted by atomic mass is 32.2. The highest BCUT2D eigenvalue weighted by Crippen LogP contribution is 2.02. The van der Waals surface area contributed by atoms with Gasteiger partial charge in [-0.2, -0.15) is 0 Å². The van der Waals surface area contributed by atoms with E-state index in [0.717, 1.165) is 10.9 Å². The first kappa shape index (κ1) is 6.70. The number of hydrazine groups is 2. The Balaban J connectivity index is 2.27. The first-order chi connectivity index (χ1) is 4.33. The fraction of sp³-hybridized carbons (Fsp3) is 0.750. The first-order valence-electron chi connectivity index (χ1n) is 2.79. The van der Waals surface area contributed by atoms with E-state index >= 15 is 0 Å². The molecule has 0 unspecified atom stereocenters. The van der Waals surface area contributed by atoms with E-state index < -0.39 is 0 Å². The summed E-state index contributed by atoms with van der Waals surface area (Å²) in [4.78, 5) is 0. The average molecular weight is 146 g/mol. The van der Waals surface area contributed by atoms with Gasteiger partial charge in [0.25, 0.3) is 0 Å². The van der Waals surface area contributed by atoms with Gasteiger partial charge in [-0.05, 0) is 5.75 Å². The van der Waals surface area contributed by atoms with E-state index in [2.05, 4.69) is 23.0 Å². The van der Waals surface area contributed by atoms with Gasteiger partial charge in [0.2, 0.25) is 0 Å². The van der Waals surface area contributed by atoms with Crippen molar-refractivity contribution in [2.75, 3.05) is 12.8 Å². The topological polar surface area (TPSA) is 39.7 Å². The molecule has 0 bridgehead atoms. The van der Waals surface area contributed by atoms with E-state index in [4.69, 9.17) is 0 Å². The maximum absolute atomic E-state index is 3.95. The summed E-state index contributed by atoms with van der Waals surface area (Å²) in [6, 6.07) is 0. The van der Waals surface area contributed by atoms with Gasteiger partial charge in [-0.1, -0.05) is 18.7 Å². The molecule has 0 aromatic rings. The number of hydrazone groups is 1. The molecule has 4 nitrogen and oxygen atoms in total. The van der Waals surface area contributed by atoms with Crippen LogP contribution >= 0.6 is 11.8 Å². The van der Waals surface area contributed by atoms with Crippen LogP contribution in [-0.4, -0.2) is 23.1 Å². The Hall–Kier alpha value is -0.420. The number of rotatable bonds is 1. The number of nitrogens with zero attached hydrogens (tertiary/aromatic N) is 2. The van der Waals surface area contributed by atoms with E-state index in [0.29, 0.717) is 0 Å². The van der Waals surface area contributed by atoms with Crippen LogP contribution < -0.4 is 11.0 Å². The van der Waals surface area contributed by atoms with Crippen LogP contribution in [0.1, 0.15) is 6.92 Å². The predicted molar refractivity (Wildman–Crippen MR) is 39.6 cm³/mol. The molecule has 2 N–H and O–H groups in total. The Morgan fingerprint density at radius 3 is 3.00 bits per heavy atom. The molecule has 0 fully saturated rings. The zero-order valence-electron chi connectivity index (χ0n) is 5.51. The van der Waals surface area contributed by atoms with Crippen LogP contribution in [0.25, 0.3) is 0 Å². The van der Waals surface area contributed by atoms with E-state index in [-0.39, 0.29) is 0 Å². The summed E-state index contributed by atoms with van der Waals surface area (Å²) in [5.41, 5.74) is 5.73. The quantitative estimate of drug-likeness (QED) is 0.545. The minimum absolute atomic E-state index is 0.931. The van der Waals surface area contributed by atoms with Crippen LogP contribution in [0.3, 0.4) is 0 Å². The van der Waals surface area contributed by atoms with Gasteiger partial charge < -0.3 is 0 Å². The highest BCUT2D eigenvalue weighted by Gasteiger charge is 2.07. The zero-order valence-corrected chi connectivity index (χ0v) is 6.33. The fourth-order valence-corrected chi connectivity index (χ4v) is 1.10. The summed E-state index contributed by atoms with van der Waals surface area (Å²) in [6.07, 6.45) is 0. The third kappa shape index (κ3) is 1.76. The lowest BCUT2D eigenvalue weighted by molar-refractivity contribution is 0.232. The Morgan fingerprint density at radius 1 is 1.78 bits per heavy atom. The van der Waals surface area contributed by atoms with Gasteiger partial charge in [-0.3, -0.25) is 5.43 Å². The van der Waals surface area contributed by atoms with Crippen molar-refractivity contribution in [3.63, 3.8) is 0 Å². The van der Waals surface area contributed by atoms with Crippen molar-refractivity contribution >= 4 is 16.9 Å². The average Bonchev–Trinajstić information content (AvgIpc) is 2.17. The maximum Gasteiger partial charge on any atom is 0.197 e. The van der Waals surface area contributed by atoms with E-state index in [1.54, 1.807) is 16.9 Å². The smallest absolute Gasteiger partial charge is 0.197 e. The Morgan fingerprint density at radius 2 is 2.56 bits per heavy atom. The predicted octanol–water partition coefficient (Wildman–Crippen LogP) is -0.0349. The third-order valence-electron chi connectivity index (χ3n) is 0.846. The van der Waals surface area contributed by atoms with Crippen molar-refractivity contribution in [1.29, 1.82) is 0 Å². The lowest BCUT2D eigenvalue weighted by Gasteiger charge is -2.06. The molecule has 9 heavy (non-hydrogen) atoms. The van der Waals surface area contributed by atoms with Crippen LogP contribution in [0.5, 0.6) is 0 Å². The second kappa shape index (κ2) is 2.93. The van der Waals surface area contributed by atoms with Crippen molar-refractivity contribution < 1.29 is 0 Å². The first-order valence-corrected chi connectivity index (χ1v) is 3.78. The maximum atomic E-state index is 3.95. The van der Waals surface area contributed by atoms with Crippen molar-refractivity contribution in [1.82, 2.24) is 16.1 Å². The second-order valence-corrected chi connectivity index (χ2v) is 2.87. The fourth-order valence-electron chi connectivity index (χ4n) is 0.515. The summed E-state index contributed by atoms with van der Waals surface area (Å²) in [6.45, 7) is 2.09. The number of amidine groups is 1. The number of hydrogen-bond donors (Lipinski definition) is 2. The zero-order chi connectivity index (χ0) is 6.69. The standard InChI is InChI=1S/C4H10N4S/c1-3-9-4-5-7-8(2)6-4/h7H,3H2,1-2H3,(H,5,6). The molecule has 0 aliphatic carbocycles. The third-order valence-corrected chi connectivity index (χ3v) is 1.59. The summed E-state index contributed by atoms with van der Waals surface area (Å²) in [5, 5.41) is 6.59. The second-order valence-electron chi connectivity index (χ2n) is 1.62. The van der Waals surface area contributed by atoms with Crippen LogP contribution in [0.15, 0.2) is 5.10 Å². The SMILES string of the molecule is CCSC1=NNN(C)N1. The molecule has 5 heteroatoms. The van der Waals surface area contributed by atoms with Gasteiger partial charge in [0.05, 0.1) is 0 Å². The molecule has 52 valence electrons. The summed E-state index contributed by atoms with van der Waals surface area (Å²) in [7, 11) is 1.87. The van der Waals surface area contributed by atoms with Gasteiger partial charge in [-0.15, -0.1) is 10.2 Å². The lowest BCUT2D eigenvalue weighted by atomic mass is 11.0. The lowest BCUT2D eigenvalue weighted by Crippen LogP contribution is -2.36. The van der Waals surface area contributed by atoms with Crippen molar-refractivity contribution in [2.24, 2.45) is 5.10 Å². The summed E-state index contributed by atoms with van der Waals surface area (Å²) >= 11 is 1.68. The Kier molecular flexibility index (Phi) is 2.18. The summed E-state index contributed by atoms with van der Waals surface area (Å²) in [5.74, 6) is 1.04. The minimum Gasteiger partial charge on any atom is -0.277 e. The molecule has 0 atom stereocenters. The molecular weight excluding hydrogens is 136 g/mol. The molecular formula is C4H10N4S. The van der Waals surface area contributed by atoms with Crippen LogP contribution in [-0.2, 0) is 0 Å². The monoisotopic (exact) mass is 146 g/mol. The molecule has 0 aromatic carbocycles. The Labute approximate surface area is 58.6 Å². The molecule has 0 amide bonds. The largest absolute Gasteiger partial charge is 0.277 e. The number of nitrogens with one attached hydrogen (secondary N) is 2. The number of hydrogen-bond acceptors (Lipinski definition) is 5. The molecule has 1 rings (SSSR count). The van der Waals surface area contributed by atoms with Gasteiger partial charge in [0.1, 0.15) is 0 Å². The van der Waals surface area contributed by atoms with Crippen molar-refractivity contribution in [2.45, 2.75) is 6.92 Å². The van der Waals surface area contributed by atoms with Gasteiger partial charge >= 0.3 is 0 Å². The highest BCUT2D eigenvalue weighted by molar-refractivity contribution is 8.13. The van der Waals surface area contributed by atoms with Crippen LogP contribution in [0, 0.1) is 0 Å². The normalized spacial score (nSPS) is 18.7. The molecule has 0 saturated carbocycles. The number of thioether (sulfide) groups is 1. The molecule has 1 aliphatic rings. The molecule has 0 radical (unpaired) electrons. The Bertz CT molecular complexity index is 124. The van der Waals surface area contributed by atoms with Gasteiger partial charge in [-0.25, -0.2) is 5.53 Å². The van der Waals surface area contributed by atoms with Crippen molar-refractivity contribution in [3.05, 3.63) is 0 Å². The van der Waals surface area contributed by atoms with Gasteiger partial charge in [0, 0.05) is 7.05 Å². The minimum atomic E-state index is 0.931. The summed E-state index contributed by atoms with van der Waals surface area (Å²) < 4.78 is 0. The van der Waals surface area contributed by atoms with Crippen molar-refractivity contribution in [3.8, 4) is 0 Å². The van der Waals surface area contributed by atoms with E-state index in [1.807, 2.05) is 7.05 Å².